The highest BCUT2D eigenvalue weighted by Crippen LogP contribution is 2.26. The molecule has 2 aromatic carbocycles. The number of rotatable bonds is 5. The molecule has 0 unspecified atom stereocenters. The average Bonchev–Trinajstić information content (AvgIpc) is 3.26. The normalized spacial score (nSPS) is 12.6. The molecule has 0 saturated carbocycles. The summed E-state index contributed by atoms with van der Waals surface area (Å²) in [4.78, 5) is 49.6. The minimum Gasteiger partial charge on any atom is -0.326 e. The number of hydrogen-bond donors (Lipinski definition) is 2. The lowest BCUT2D eigenvalue weighted by Gasteiger charge is -2.10. The molecule has 4 rings (SSSR count). The fourth-order valence-electron chi connectivity index (χ4n) is 3.00. The van der Waals surface area contributed by atoms with Gasteiger partial charge in [-0.25, -0.2) is 0 Å². The van der Waals surface area contributed by atoms with E-state index < -0.39 is 5.91 Å². The summed E-state index contributed by atoms with van der Waals surface area (Å²) in [5.41, 5.74) is 1.55. The summed E-state index contributed by atoms with van der Waals surface area (Å²) in [6.07, 6.45) is 0. The second-order valence-corrected chi connectivity index (χ2v) is 7.52. The molecular weight excluding hydrogens is 406 g/mol. The van der Waals surface area contributed by atoms with Gasteiger partial charge >= 0.3 is 0 Å². The van der Waals surface area contributed by atoms with Crippen molar-refractivity contribution in [3.05, 3.63) is 70.2 Å². The molecule has 150 valence electrons. The Labute approximate surface area is 174 Å². The van der Waals surface area contributed by atoms with E-state index in [9.17, 15) is 19.2 Å². The van der Waals surface area contributed by atoms with Gasteiger partial charge in [0.25, 0.3) is 17.7 Å². The van der Waals surface area contributed by atoms with Gasteiger partial charge in [0.1, 0.15) is 5.01 Å². The number of benzene rings is 2. The molecule has 10 heteroatoms. The number of anilines is 2. The molecule has 30 heavy (non-hydrogen) atoms. The smallest absolute Gasteiger partial charge is 0.261 e. The van der Waals surface area contributed by atoms with E-state index >= 15 is 0 Å². The highest BCUT2D eigenvalue weighted by Gasteiger charge is 2.35. The van der Waals surface area contributed by atoms with Crippen LogP contribution < -0.4 is 10.6 Å². The van der Waals surface area contributed by atoms with Gasteiger partial charge in [-0.3, -0.25) is 29.4 Å². The van der Waals surface area contributed by atoms with Crippen molar-refractivity contribution in [1.82, 2.24) is 15.1 Å². The largest absolute Gasteiger partial charge is 0.326 e. The Bertz CT molecular complexity index is 1150. The van der Waals surface area contributed by atoms with Crippen LogP contribution in [0.15, 0.2) is 48.5 Å². The van der Waals surface area contributed by atoms with E-state index in [1.807, 2.05) is 0 Å². The van der Waals surface area contributed by atoms with Gasteiger partial charge in [-0.05, 0) is 30.3 Å². The zero-order valence-electron chi connectivity index (χ0n) is 15.7. The second-order valence-electron chi connectivity index (χ2n) is 6.46. The van der Waals surface area contributed by atoms with Crippen LogP contribution in [0, 0.1) is 0 Å². The number of aromatic nitrogens is 2. The van der Waals surface area contributed by atoms with Crippen LogP contribution in [-0.4, -0.2) is 38.7 Å². The number of nitrogens with zero attached hydrogens (tertiary/aromatic N) is 3. The van der Waals surface area contributed by atoms with E-state index in [0.717, 1.165) is 16.2 Å². The molecule has 9 nitrogen and oxygen atoms in total. The van der Waals surface area contributed by atoms with Crippen molar-refractivity contribution in [3.8, 4) is 0 Å². The zero-order valence-corrected chi connectivity index (χ0v) is 16.5. The van der Waals surface area contributed by atoms with E-state index in [1.54, 1.807) is 42.5 Å². The number of hydrogen-bond acceptors (Lipinski definition) is 7. The van der Waals surface area contributed by atoms with Crippen LogP contribution in [0.3, 0.4) is 0 Å². The molecule has 0 aliphatic carbocycles. The van der Waals surface area contributed by atoms with Crippen molar-refractivity contribution in [2.75, 3.05) is 10.6 Å². The van der Waals surface area contributed by atoms with Gasteiger partial charge in [0, 0.05) is 18.2 Å². The minimum absolute atomic E-state index is 0.0299. The lowest BCUT2D eigenvalue weighted by Crippen LogP contribution is -2.29. The molecule has 2 heterocycles. The number of nitrogens with one attached hydrogen (secondary N) is 2. The number of carbonyl (C=O) groups is 4. The molecule has 1 aliphatic rings. The number of fused-ring (bicyclic) bond motifs is 1. The summed E-state index contributed by atoms with van der Waals surface area (Å²) in [5.74, 6) is -1.43. The molecule has 0 fully saturated rings. The van der Waals surface area contributed by atoms with Gasteiger partial charge < -0.3 is 5.32 Å². The van der Waals surface area contributed by atoms with Gasteiger partial charge in [-0.15, -0.1) is 10.2 Å². The van der Waals surface area contributed by atoms with Crippen molar-refractivity contribution >= 4 is 45.8 Å². The Morgan fingerprint density at radius 1 is 0.967 bits per heavy atom. The highest BCUT2D eigenvalue weighted by molar-refractivity contribution is 7.15. The first-order valence-electron chi connectivity index (χ1n) is 8.89. The molecule has 0 radical (unpaired) electrons. The van der Waals surface area contributed by atoms with Crippen molar-refractivity contribution in [2.45, 2.75) is 13.5 Å². The summed E-state index contributed by atoms with van der Waals surface area (Å²) in [7, 11) is 0. The van der Waals surface area contributed by atoms with E-state index in [2.05, 4.69) is 20.8 Å². The molecule has 0 saturated heterocycles. The van der Waals surface area contributed by atoms with Crippen LogP contribution in [0.4, 0.5) is 10.8 Å². The van der Waals surface area contributed by atoms with E-state index in [4.69, 9.17) is 0 Å². The third-order valence-electron chi connectivity index (χ3n) is 4.30. The van der Waals surface area contributed by atoms with Crippen molar-refractivity contribution in [2.24, 2.45) is 0 Å². The van der Waals surface area contributed by atoms with Crippen LogP contribution >= 0.6 is 11.3 Å². The maximum atomic E-state index is 12.5. The first kappa shape index (κ1) is 19.4. The predicted molar refractivity (Wildman–Crippen MR) is 109 cm³/mol. The number of carbonyl (C=O) groups excluding carboxylic acids is 4. The van der Waals surface area contributed by atoms with E-state index in [-0.39, 0.29) is 29.4 Å². The van der Waals surface area contributed by atoms with Crippen LogP contribution in [0.1, 0.15) is 43.0 Å². The lowest BCUT2D eigenvalue weighted by molar-refractivity contribution is -0.114. The summed E-state index contributed by atoms with van der Waals surface area (Å²) >= 11 is 1.07. The van der Waals surface area contributed by atoms with Crippen LogP contribution in [-0.2, 0) is 11.3 Å². The fourth-order valence-corrected chi connectivity index (χ4v) is 3.72. The van der Waals surface area contributed by atoms with Gasteiger partial charge in [0.05, 0.1) is 17.7 Å². The lowest BCUT2D eigenvalue weighted by atomic mass is 10.1. The molecule has 4 amide bonds. The summed E-state index contributed by atoms with van der Waals surface area (Å²) in [6, 6.07) is 13.1. The Morgan fingerprint density at radius 3 is 2.33 bits per heavy atom. The quantitative estimate of drug-likeness (QED) is 0.611. The Hall–Kier alpha value is -3.92. The highest BCUT2D eigenvalue weighted by atomic mass is 32.1. The maximum Gasteiger partial charge on any atom is 0.261 e. The molecule has 0 atom stereocenters. The SMILES string of the molecule is CC(=O)Nc1cccc(C(=O)Nc2nnc(CN3C(=O)c4ccccc4C3=O)s2)c1. The molecule has 3 aromatic rings. The monoisotopic (exact) mass is 421 g/mol. The Morgan fingerprint density at radius 2 is 1.67 bits per heavy atom. The van der Waals surface area contributed by atoms with Gasteiger partial charge in [-0.2, -0.15) is 0 Å². The van der Waals surface area contributed by atoms with Crippen molar-refractivity contribution in [3.63, 3.8) is 0 Å². The maximum absolute atomic E-state index is 12.5. The summed E-state index contributed by atoms with van der Waals surface area (Å²) in [5, 5.41) is 13.8. The first-order valence-corrected chi connectivity index (χ1v) is 9.70. The zero-order chi connectivity index (χ0) is 21.3. The van der Waals surface area contributed by atoms with Gasteiger partial charge in [-0.1, -0.05) is 29.5 Å². The fraction of sp³-hybridized carbons (Fsp3) is 0.100. The molecule has 0 bridgehead atoms. The predicted octanol–water partition coefficient (Wildman–Crippen LogP) is 2.55. The second kappa shape index (κ2) is 7.84. The van der Waals surface area contributed by atoms with Crippen LogP contribution in [0.25, 0.3) is 0 Å². The number of imide groups is 1. The summed E-state index contributed by atoms with van der Waals surface area (Å²) < 4.78 is 0. The van der Waals surface area contributed by atoms with Crippen LogP contribution in [0.5, 0.6) is 0 Å². The minimum atomic E-state index is -0.425. The van der Waals surface area contributed by atoms with Gasteiger partial charge in [0.15, 0.2) is 0 Å². The number of amides is 4. The molecule has 2 N–H and O–H groups in total. The van der Waals surface area contributed by atoms with E-state index in [0.29, 0.717) is 27.4 Å². The Balaban J connectivity index is 1.44. The first-order chi connectivity index (χ1) is 14.4. The third kappa shape index (κ3) is 3.80. The van der Waals surface area contributed by atoms with Crippen molar-refractivity contribution < 1.29 is 19.2 Å². The van der Waals surface area contributed by atoms with Crippen LogP contribution in [0.2, 0.25) is 0 Å². The molecular formula is C20H15N5O4S. The average molecular weight is 421 g/mol. The Kier molecular flexibility index (Phi) is 5.07. The molecule has 0 spiro atoms. The van der Waals surface area contributed by atoms with Crippen molar-refractivity contribution in [1.29, 1.82) is 0 Å². The molecule has 1 aliphatic heterocycles. The summed E-state index contributed by atoms with van der Waals surface area (Å²) in [6.45, 7) is 1.35. The standard InChI is InChI=1S/C20H15N5O4S/c1-11(26)21-13-6-4-5-12(9-13)17(27)22-20-24-23-16(30-20)10-25-18(28)14-7-2-3-8-15(14)19(25)29/h2-9H,10H2,1H3,(H,21,26)(H,22,24,27). The molecule has 1 aromatic heterocycles. The van der Waals surface area contributed by atoms with E-state index in [1.165, 1.54) is 13.0 Å². The topological polar surface area (TPSA) is 121 Å². The third-order valence-corrected chi connectivity index (χ3v) is 5.13. The van der Waals surface area contributed by atoms with Gasteiger partial charge in [0.2, 0.25) is 11.0 Å².